The largest absolute Gasteiger partial charge is 0.507 e. The van der Waals surface area contributed by atoms with Gasteiger partial charge in [0.1, 0.15) is 11.6 Å². The van der Waals surface area contributed by atoms with Gasteiger partial charge in [-0.3, -0.25) is 4.79 Å². The number of carbonyl (C=O) groups is 1. The Morgan fingerprint density at radius 2 is 1.69 bits per heavy atom. The first-order valence-electron chi connectivity index (χ1n) is 8.84. The maximum Gasteiger partial charge on any atom is 0.156 e. The Balaban J connectivity index is 1.68. The van der Waals surface area contributed by atoms with E-state index in [1.807, 2.05) is 18.2 Å². The summed E-state index contributed by atoms with van der Waals surface area (Å²) in [6, 6.07) is 10.8. The molecule has 1 heterocycles. The predicted octanol–water partition coefficient (Wildman–Crippen LogP) is 3.66. The van der Waals surface area contributed by atoms with E-state index < -0.39 is 5.82 Å². The molecule has 1 N–H and O–H groups in total. The highest BCUT2D eigenvalue weighted by Crippen LogP contribution is 2.23. The van der Waals surface area contributed by atoms with Crippen molar-refractivity contribution in [3.63, 3.8) is 0 Å². The molecule has 1 fully saturated rings. The van der Waals surface area contributed by atoms with Crippen LogP contribution in [0.4, 0.5) is 10.1 Å². The van der Waals surface area contributed by atoms with Crippen LogP contribution in [0.3, 0.4) is 0 Å². The molecule has 4 nitrogen and oxygen atoms in total. The molecule has 2 aromatic carbocycles. The SMILES string of the molecule is CCN1CCN(c2ccc(/C=C/c3cc(O)c(C=O)c(F)c3)cc2)CC1. The van der Waals surface area contributed by atoms with Gasteiger partial charge in [0.15, 0.2) is 6.29 Å². The van der Waals surface area contributed by atoms with Gasteiger partial charge >= 0.3 is 0 Å². The highest BCUT2D eigenvalue weighted by Gasteiger charge is 2.15. The smallest absolute Gasteiger partial charge is 0.156 e. The number of phenolic OH excluding ortho intramolecular Hbond substituents is 1. The molecule has 136 valence electrons. The van der Waals surface area contributed by atoms with Crippen molar-refractivity contribution >= 4 is 24.1 Å². The fourth-order valence-electron chi connectivity index (χ4n) is 3.15. The zero-order chi connectivity index (χ0) is 18.5. The fraction of sp³-hybridized carbons (Fsp3) is 0.286. The van der Waals surface area contributed by atoms with Crippen LogP contribution in [0.25, 0.3) is 12.2 Å². The van der Waals surface area contributed by atoms with Crippen LogP contribution >= 0.6 is 0 Å². The minimum atomic E-state index is -0.721. The lowest BCUT2D eigenvalue weighted by Gasteiger charge is -2.35. The number of rotatable bonds is 5. The van der Waals surface area contributed by atoms with Gasteiger partial charge in [-0.2, -0.15) is 0 Å². The lowest BCUT2D eigenvalue weighted by molar-refractivity contribution is 0.111. The van der Waals surface area contributed by atoms with E-state index in [4.69, 9.17) is 0 Å². The van der Waals surface area contributed by atoms with Gasteiger partial charge in [0.05, 0.1) is 5.56 Å². The van der Waals surface area contributed by atoms with Crippen molar-refractivity contribution in [2.75, 3.05) is 37.6 Å². The second-order valence-corrected chi connectivity index (χ2v) is 6.40. The van der Waals surface area contributed by atoms with Crippen molar-refractivity contribution in [3.05, 3.63) is 58.9 Å². The summed E-state index contributed by atoms with van der Waals surface area (Å²) in [5.41, 5.74) is 2.39. The van der Waals surface area contributed by atoms with Crippen molar-refractivity contribution in [2.45, 2.75) is 6.92 Å². The number of aromatic hydroxyl groups is 1. The summed E-state index contributed by atoms with van der Waals surface area (Å²) >= 11 is 0. The lowest BCUT2D eigenvalue weighted by Crippen LogP contribution is -2.46. The molecule has 1 saturated heterocycles. The zero-order valence-electron chi connectivity index (χ0n) is 14.9. The molecule has 0 radical (unpaired) electrons. The molecular formula is C21H23FN2O2. The topological polar surface area (TPSA) is 43.8 Å². The van der Waals surface area contributed by atoms with Crippen molar-refractivity contribution < 1.29 is 14.3 Å². The van der Waals surface area contributed by atoms with Gasteiger partial charge in [0, 0.05) is 31.9 Å². The molecule has 3 rings (SSSR count). The average Bonchev–Trinajstić information content (AvgIpc) is 2.67. The standard InChI is InChI=1S/C21H23FN2O2/c1-2-23-9-11-24(12-10-23)18-7-5-16(6-8-18)3-4-17-13-20(22)19(15-25)21(26)14-17/h3-8,13-15,26H,2,9-12H2,1H3/b4-3+. The number of benzene rings is 2. The molecule has 0 atom stereocenters. The minimum absolute atomic E-state index is 0.310. The van der Waals surface area contributed by atoms with Crippen molar-refractivity contribution in [3.8, 4) is 5.75 Å². The molecule has 0 aromatic heterocycles. The molecule has 0 amide bonds. The Kier molecular flexibility index (Phi) is 5.68. The molecule has 1 aliphatic heterocycles. The van der Waals surface area contributed by atoms with E-state index in [2.05, 4.69) is 28.9 Å². The van der Waals surface area contributed by atoms with Crippen LogP contribution in [-0.2, 0) is 0 Å². The quantitative estimate of drug-likeness (QED) is 0.657. The number of likely N-dealkylation sites (N-methyl/N-ethyl adjacent to an activating group) is 1. The van der Waals surface area contributed by atoms with Gasteiger partial charge < -0.3 is 14.9 Å². The Morgan fingerprint density at radius 3 is 2.27 bits per heavy atom. The number of hydrogen-bond donors (Lipinski definition) is 1. The number of nitrogens with zero attached hydrogens (tertiary/aromatic N) is 2. The summed E-state index contributed by atoms with van der Waals surface area (Å²) in [4.78, 5) is 15.5. The van der Waals surface area contributed by atoms with Gasteiger partial charge in [0.25, 0.3) is 0 Å². The van der Waals surface area contributed by atoms with Crippen molar-refractivity contribution in [1.29, 1.82) is 0 Å². The maximum atomic E-state index is 13.7. The number of hydrogen-bond acceptors (Lipinski definition) is 4. The second-order valence-electron chi connectivity index (χ2n) is 6.40. The van der Waals surface area contributed by atoms with E-state index in [0.29, 0.717) is 11.8 Å². The second kappa shape index (κ2) is 8.15. The average molecular weight is 354 g/mol. The molecule has 2 aromatic rings. The fourth-order valence-corrected chi connectivity index (χ4v) is 3.15. The molecule has 0 unspecified atom stereocenters. The summed E-state index contributed by atoms with van der Waals surface area (Å²) in [6.07, 6.45) is 3.89. The third-order valence-corrected chi connectivity index (χ3v) is 4.79. The Bertz CT molecular complexity index is 771. The third kappa shape index (κ3) is 4.11. The number of phenols is 1. The van der Waals surface area contributed by atoms with E-state index in [9.17, 15) is 14.3 Å². The van der Waals surface area contributed by atoms with Crippen LogP contribution in [0.2, 0.25) is 0 Å². The summed E-state index contributed by atoms with van der Waals surface area (Å²) in [5, 5.41) is 9.67. The molecular weight excluding hydrogens is 331 g/mol. The van der Waals surface area contributed by atoms with E-state index in [1.54, 1.807) is 6.08 Å². The van der Waals surface area contributed by atoms with Gasteiger partial charge in [0.2, 0.25) is 0 Å². The van der Waals surface area contributed by atoms with Crippen LogP contribution in [0.5, 0.6) is 5.75 Å². The summed E-state index contributed by atoms with van der Waals surface area (Å²) in [7, 11) is 0. The first-order valence-corrected chi connectivity index (χ1v) is 8.84. The van der Waals surface area contributed by atoms with Crippen LogP contribution < -0.4 is 4.90 Å². The number of piperazine rings is 1. The first kappa shape index (κ1) is 18.1. The summed E-state index contributed by atoms with van der Waals surface area (Å²) in [5.74, 6) is -1.07. The molecule has 0 saturated carbocycles. The van der Waals surface area contributed by atoms with Crippen LogP contribution in [0.15, 0.2) is 36.4 Å². The van der Waals surface area contributed by atoms with Crippen LogP contribution in [0, 0.1) is 5.82 Å². The number of carbonyl (C=O) groups excluding carboxylic acids is 1. The molecule has 0 spiro atoms. The number of halogens is 1. The van der Waals surface area contributed by atoms with Crippen molar-refractivity contribution in [1.82, 2.24) is 4.90 Å². The highest BCUT2D eigenvalue weighted by atomic mass is 19.1. The first-order chi connectivity index (χ1) is 12.6. The Labute approximate surface area is 153 Å². The van der Waals surface area contributed by atoms with E-state index in [0.717, 1.165) is 38.3 Å². The molecule has 1 aliphatic rings. The number of anilines is 1. The summed E-state index contributed by atoms with van der Waals surface area (Å²) < 4.78 is 13.7. The van der Waals surface area contributed by atoms with E-state index in [1.165, 1.54) is 17.8 Å². The van der Waals surface area contributed by atoms with Crippen LogP contribution in [-0.4, -0.2) is 49.0 Å². The third-order valence-electron chi connectivity index (χ3n) is 4.79. The van der Waals surface area contributed by atoms with Gasteiger partial charge in [-0.1, -0.05) is 31.2 Å². The van der Waals surface area contributed by atoms with E-state index >= 15 is 0 Å². The van der Waals surface area contributed by atoms with Gasteiger partial charge in [-0.25, -0.2) is 4.39 Å². The monoisotopic (exact) mass is 354 g/mol. The Morgan fingerprint density at radius 1 is 1.04 bits per heavy atom. The van der Waals surface area contributed by atoms with E-state index in [-0.39, 0.29) is 11.3 Å². The normalized spacial score (nSPS) is 15.5. The van der Waals surface area contributed by atoms with Gasteiger partial charge in [-0.15, -0.1) is 0 Å². The Hall–Kier alpha value is -2.66. The summed E-state index contributed by atoms with van der Waals surface area (Å²) in [6.45, 7) is 7.53. The molecule has 0 bridgehead atoms. The number of aldehydes is 1. The predicted molar refractivity (Wildman–Crippen MR) is 103 cm³/mol. The molecule has 0 aliphatic carbocycles. The lowest BCUT2D eigenvalue weighted by atomic mass is 10.1. The molecule has 26 heavy (non-hydrogen) atoms. The van der Waals surface area contributed by atoms with Crippen LogP contribution in [0.1, 0.15) is 28.4 Å². The molecule has 5 heteroatoms. The highest BCUT2D eigenvalue weighted by molar-refractivity contribution is 5.81. The minimum Gasteiger partial charge on any atom is -0.507 e. The van der Waals surface area contributed by atoms with Gasteiger partial charge in [-0.05, 0) is 41.9 Å². The maximum absolute atomic E-state index is 13.7. The zero-order valence-corrected chi connectivity index (χ0v) is 14.9. The van der Waals surface area contributed by atoms with Crippen molar-refractivity contribution in [2.24, 2.45) is 0 Å².